The third-order valence-electron chi connectivity index (χ3n) is 3.89. The van der Waals surface area contributed by atoms with Gasteiger partial charge in [0.25, 0.3) is 0 Å². The number of nitrogens with zero attached hydrogens (tertiary/aromatic N) is 1. The van der Waals surface area contributed by atoms with Gasteiger partial charge in [-0.05, 0) is 37.6 Å². The molecule has 0 spiro atoms. The van der Waals surface area contributed by atoms with Crippen LogP contribution in [0.1, 0.15) is 12.8 Å². The Kier molecular flexibility index (Phi) is 7.30. The third-order valence-corrected chi connectivity index (χ3v) is 4.63. The van der Waals surface area contributed by atoms with E-state index in [1.807, 2.05) is 4.90 Å². The summed E-state index contributed by atoms with van der Waals surface area (Å²) < 4.78 is 0. The number of nitrogens with one attached hydrogen (secondary N) is 2. The summed E-state index contributed by atoms with van der Waals surface area (Å²) in [7, 11) is 0. The second-order valence-electron chi connectivity index (χ2n) is 5.83. The van der Waals surface area contributed by atoms with E-state index in [9.17, 15) is 9.59 Å². The molecule has 1 aliphatic heterocycles. The number of benzene rings is 1. The number of carbonyl (C=O) groups excluding carboxylic acids is 2. The van der Waals surface area contributed by atoms with Gasteiger partial charge in [-0.3, -0.25) is 14.5 Å². The largest absolute Gasteiger partial charge is 0.355 e. The van der Waals surface area contributed by atoms with Crippen molar-refractivity contribution in [3.8, 4) is 0 Å². The molecule has 1 aromatic rings. The van der Waals surface area contributed by atoms with Crippen LogP contribution in [0.5, 0.6) is 0 Å². The Balaban J connectivity index is 1.84. The van der Waals surface area contributed by atoms with Crippen LogP contribution in [0.2, 0.25) is 10.0 Å². The number of hydrogen-bond donors (Lipinski definition) is 3. The molecule has 2 amide bonds. The molecule has 4 N–H and O–H groups in total. The molecule has 1 saturated heterocycles. The van der Waals surface area contributed by atoms with E-state index >= 15 is 0 Å². The van der Waals surface area contributed by atoms with Crippen molar-refractivity contribution >= 4 is 40.7 Å². The fourth-order valence-electron chi connectivity index (χ4n) is 2.73. The van der Waals surface area contributed by atoms with E-state index in [0.717, 1.165) is 19.4 Å². The van der Waals surface area contributed by atoms with Crippen LogP contribution in [0.15, 0.2) is 18.2 Å². The monoisotopic (exact) mass is 372 g/mol. The zero-order chi connectivity index (χ0) is 17.5. The molecule has 1 atom stereocenters. The van der Waals surface area contributed by atoms with Crippen molar-refractivity contribution in [3.05, 3.63) is 28.2 Å². The minimum Gasteiger partial charge on any atom is -0.355 e. The minimum absolute atomic E-state index is 0.00930. The highest BCUT2D eigenvalue weighted by Gasteiger charge is 2.26. The van der Waals surface area contributed by atoms with Gasteiger partial charge in [0, 0.05) is 25.3 Å². The van der Waals surface area contributed by atoms with E-state index in [2.05, 4.69) is 10.6 Å². The summed E-state index contributed by atoms with van der Waals surface area (Å²) in [5.41, 5.74) is 6.00. The highest BCUT2D eigenvalue weighted by Crippen LogP contribution is 2.25. The van der Waals surface area contributed by atoms with E-state index < -0.39 is 0 Å². The molecule has 1 aliphatic rings. The Hall–Kier alpha value is -1.34. The summed E-state index contributed by atoms with van der Waals surface area (Å²) >= 11 is 11.8. The molecule has 1 unspecified atom stereocenters. The lowest BCUT2D eigenvalue weighted by Gasteiger charge is -2.31. The van der Waals surface area contributed by atoms with Gasteiger partial charge in [-0.2, -0.15) is 0 Å². The molecule has 0 bridgehead atoms. The first-order chi connectivity index (χ1) is 11.5. The summed E-state index contributed by atoms with van der Waals surface area (Å²) in [5.74, 6) is -0.227. The van der Waals surface area contributed by atoms with E-state index in [4.69, 9.17) is 28.9 Å². The number of rotatable bonds is 6. The van der Waals surface area contributed by atoms with E-state index in [-0.39, 0.29) is 24.3 Å². The topological polar surface area (TPSA) is 87.5 Å². The number of carbonyl (C=O) groups is 2. The Labute approximate surface area is 151 Å². The SMILES string of the molecule is NCCNC(=O)C1CCCN(CC(=O)Nc2ccc(Cl)c(Cl)c2)C1. The van der Waals surface area contributed by atoms with Crippen molar-refractivity contribution in [2.45, 2.75) is 12.8 Å². The number of anilines is 1. The van der Waals surface area contributed by atoms with Crippen molar-refractivity contribution < 1.29 is 9.59 Å². The maximum atomic E-state index is 12.2. The predicted molar refractivity (Wildman–Crippen MR) is 96.3 cm³/mol. The summed E-state index contributed by atoms with van der Waals surface area (Å²) in [4.78, 5) is 26.2. The third kappa shape index (κ3) is 5.63. The van der Waals surface area contributed by atoms with Crippen molar-refractivity contribution in [2.75, 3.05) is 38.0 Å². The van der Waals surface area contributed by atoms with Crippen LogP contribution in [0, 0.1) is 5.92 Å². The number of hydrogen-bond acceptors (Lipinski definition) is 4. The van der Waals surface area contributed by atoms with Crippen LogP contribution in [-0.2, 0) is 9.59 Å². The number of piperidine rings is 1. The molecule has 1 aromatic carbocycles. The molecular weight excluding hydrogens is 351 g/mol. The van der Waals surface area contributed by atoms with Gasteiger partial charge in [0.1, 0.15) is 0 Å². The fourth-order valence-corrected chi connectivity index (χ4v) is 3.03. The first kappa shape index (κ1) is 19.0. The summed E-state index contributed by atoms with van der Waals surface area (Å²) in [6, 6.07) is 4.95. The van der Waals surface area contributed by atoms with Gasteiger partial charge >= 0.3 is 0 Å². The van der Waals surface area contributed by atoms with Gasteiger partial charge in [0.2, 0.25) is 11.8 Å². The Morgan fingerprint density at radius 3 is 2.79 bits per heavy atom. The Morgan fingerprint density at radius 1 is 1.29 bits per heavy atom. The molecule has 0 saturated carbocycles. The maximum absolute atomic E-state index is 12.2. The summed E-state index contributed by atoms with van der Waals surface area (Å²) in [6.07, 6.45) is 1.72. The van der Waals surface area contributed by atoms with E-state index in [1.54, 1.807) is 18.2 Å². The van der Waals surface area contributed by atoms with Gasteiger partial charge in [-0.25, -0.2) is 0 Å². The first-order valence-electron chi connectivity index (χ1n) is 7.94. The summed E-state index contributed by atoms with van der Waals surface area (Å²) in [6.45, 7) is 2.52. The number of nitrogens with two attached hydrogens (primary N) is 1. The average molecular weight is 373 g/mol. The van der Waals surface area contributed by atoms with Crippen molar-refractivity contribution in [1.82, 2.24) is 10.2 Å². The van der Waals surface area contributed by atoms with Gasteiger partial charge in [-0.15, -0.1) is 0 Å². The Morgan fingerprint density at radius 2 is 2.08 bits per heavy atom. The van der Waals surface area contributed by atoms with Crippen molar-refractivity contribution in [1.29, 1.82) is 0 Å². The maximum Gasteiger partial charge on any atom is 0.238 e. The van der Waals surface area contributed by atoms with Crippen LogP contribution in [-0.4, -0.2) is 49.4 Å². The lowest BCUT2D eigenvalue weighted by molar-refractivity contribution is -0.127. The van der Waals surface area contributed by atoms with Crippen LogP contribution in [0.4, 0.5) is 5.69 Å². The molecule has 8 heteroatoms. The number of amides is 2. The molecule has 1 heterocycles. The highest BCUT2D eigenvalue weighted by molar-refractivity contribution is 6.42. The molecular formula is C16H22Cl2N4O2. The van der Waals surface area contributed by atoms with Gasteiger partial charge in [-0.1, -0.05) is 23.2 Å². The minimum atomic E-state index is -0.142. The van der Waals surface area contributed by atoms with Crippen molar-refractivity contribution in [2.24, 2.45) is 11.7 Å². The van der Waals surface area contributed by atoms with Crippen molar-refractivity contribution in [3.63, 3.8) is 0 Å². The molecule has 0 aromatic heterocycles. The lowest BCUT2D eigenvalue weighted by atomic mass is 9.97. The van der Waals surface area contributed by atoms with Crippen LogP contribution < -0.4 is 16.4 Å². The molecule has 1 fully saturated rings. The van der Waals surface area contributed by atoms with Gasteiger partial charge < -0.3 is 16.4 Å². The quantitative estimate of drug-likeness (QED) is 0.709. The van der Waals surface area contributed by atoms with E-state index in [1.165, 1.54) is 0 Å². The fraction of sp³-hybridized carbons (Fsp3) is 0.500. The van der Waals surface area contributed by atoms with Crippen LogP contribution in [0.3, 0.4) is 0 Å². The summed E-state index contributed by atoms with van der Waals surface area (Å²) in [5, 5.41) is 6.44. The lowest BCUT2D eigenvalue weighted by Crippen LogP contribution is -2.46. The number of likely N-dealkylation sites (tertiary alicyclic amines) is 1. The van der Waals surface area contributed by atoms with Crippen LogP contribution >= 0.6 is 23.2 Å². The second kappa shape index (κ2) is 9.22. The smallest absolute Gasteiger partial charge is 0.238 e. The first-order valence-corrected chi connectivity index (χ1v) is 8.70. The molecule has 2 rings (SSSR count). The zero-order valence-electron chi connectivity index (χ0n) is 13.4. The molecule has 6 nitrogen and oxygen atoms in total. The second-order valence-corrected chi connectivity index (χ2v) is 6.65. The molecule has 0 aliphatic carbocycles. The normalized spacial score (nSPS) is 18.2. The molecule has 24 heavy (non-hydrogen) atoms. The Bertz CT molecular complexity index is 597. The molecule has 0 radical (unpaired) electrons. The van der Waals surface area contributed by atoms with Gasteiger partial charge in [0.05, 0.1) is 22.5 Å². The molecule has 132 valence electrons. The van der Waals surface area contributed by atoms with E-state index in [0.29, 0.717) is 35.4 Å². The van der Waals surface area contributed by atoms with Gasteiger partial charge in [0.15, 0.2) is 0 Å². The standard InChI is InChI=1S/C16H22Cl2N4O2/c17-13-4-3-12(8-14(13)18)21-15(23)10-22-7-1-2-11(9-22)16(24)20-6-5-19/h3-4,8,11H,1-2,5-7,9-10,19H2,(H,20,24)(H,21,23). The zero-order valence-corrected chi connectivity index (χ0v) is 14.9. The number of halogens is 2. The average Bonchev–Trinajstić information content (AvgIpc) is 2.56. The predicted octanol–water partition coefficient (Wildman–Crippen LogP) is 1.72. The highest BCUT2D eigenvalue weighted by atomic mass is 35.5. The van der Waals surface area contributed by atoms with Crippen LogP contribution in [0.25, 0.3) is 0 Å².